The van der Waals surface area contributed by atoms with E-state index in [9.17, 15) is 4.79 Å². The summed E-state index contributed by atoms with van der Waals surface area (Å²) < 4.78 is 5.12. The van der Waals surface area contributed by atoms with E-state index in [4.69, 9.17) is 4.52 Å². The van der Waals surface area contributed by atoms with Crippen LogP contribution in [0.1, 0.15) is 48.8 Å². The maximum Gasteiger partial charge on any atom is 0.234 e. The average molecular weight is 332 g/mol. The van der Waals surface area contributed by atoms with Gasteiger partial charge in [0.2, 0.25) is 5.91 Å². The number of anilines is 1. The van der Waals surface area contributed by atoms with Gasteiger partial charge in [-0.05, 0) is 43.9 Å². The summed E-state index contributed by atoms with van der Waals surface area (Å²) in [4.78, 5) is 12.0. The highest BCUT2D eigenvalue weighted by atomic mass is 32.2. The molecule has 2 rings (SSSR count). The van der Waals surface area contributed by atoms with Crippen molar-refractivity contribution in [2.75, 3.05) is 11.1 Å². The van der Waals surface area contributed by atoms with Crippen molar-refractivity contribution in [2.45, 2.75) is 45.8 Å². The molecule has 1 aromatic carbocycles. The highest BCUT2D eigenvalue weighted by molar-refractivity contribution is 7.99. The molecule has 0 saturated carbocycles. The molecule has 0 radical (unpaired) electrons. The molecule has 5 heteroatoms. The van der Waals surface area contributed by atoms with E-state index >= 15 is 0 Å². The lowest BCUT2D eigenvalue weighted by Crippen LogP contribution is -2.14. The highest BCUT2D eigenvalue weighted by Crippen LogP contribution is 2.21. The first-order chi connectivity index (χ1) is 11.0. The van der Waals surface area contributed by atoms with Gasteiger partial charge in [0, 0.05) is 17.0 Å². The highest BCUT2D eigenvalue weighted by Gasteiger charge is 2.10. The summed E-state index contributed by atoms with van der Waals surface area (Å²) in [5, 5.41) is 6.86. The summed E-state index contributed by atoms with van der Waals surface area (Å²) in [7, 11) is 0. The van der Waals surface area contributed by atoms with Crippen LogP contribution in [0.15, 0.2) is 28.8 Å². The number of rotatable bonds is 7. The minimum absolute atomic E-state index is 0.0121. The molecule has 0 aliphatic heterocycles. The molecule has 1 amide bonds. The van der Waals surface area contributed by atoms with E-state index in [1.807, 2.05) is 26.0 Å². The molecular formula is C18H24N2O2S. The first kappa shape index (κ1) is 17.6. The van der Waals surface area contributed by atoms with Crippen molar-refractivity contribution in [1.82, 2.24) is 5.16 Å². The Bertz CT molecular complexity index is 630. The van der Waals surface area contributed by atoms with Crippen LogP contribution < -0.4 is 5.32 Å². The third kappa shape index (κ3) is 4.86. The van der Waals surface area contributed by atoms with Crippen LogP contribution in [-0.2, 0) is 10.5 Å². The van der Waals surface area contributed by atoms with Gasteiger partial charge in [-0.3, -0.25) is 4.79 Å². The molecule has 0 saturated heterocycles. The fraction of sp³-hybridized carbons (Fsp3) is 0.444. The minimum atomic E-state index is 0.0121. The third-order valence-corrected chi connectivity index (χ3v) is 5.00. The molecule has 0 aliphatic carbocycles. The summed E-state index contributed by atoms with van der Waals surface area (Å²) >= 11 is 1.57. The molecule has 1 aromatic heterocycles. The van der Waals surface area contributed by atoms with Gasteiger partial charge in [0.25, 0.3) is 0 Å². The van der Waals surface area contributed by atoms with Crippen molar-refractivity contribution in [1.29, 1.82) is 0 Å². The zero-order valence-electron chi connectivity index (χ0n) is 14.2. The molecular weight excluding hydrogens is 308 g/mol. The number of hydrogen-bond acceptors (Lipinski definition) is 4. The number of nitrogens with one attached hydrogen (secondary N) is 1. The SMILES string of the molecule is CC[C@H](C)c1ccc(NC(=O)CSCc2c(C)noc2C)cc1. The predicted molar refractivity (Wildman–Crippen MR) is 95.9 cm³/mol. The monoisotopic (exact) mass is 332 g/mol. The van der Waals surface area contributed by atoms with E-state index in [1.54, 1.807) is 11.8 Å². The predicted octanol–water partition coefficient (Wildman–Crippen LogP) is 4.68. The summed E-state index contributed by atoms with van der Waals surface area (Å²) in [5.41, 5.74) is 4.13. The Morgan fingerprint density at radius 2 is 2.00 bits per heavy atom. The fourth-order valence-electron chi connectivity index (χ4n) is 2.28. The second-order valence-corrected chi connectivity index (χ2v) is 6.76. The molecule has 0 aliphatic rings. The van der Waals surface area contributed by atoms with Gasteiger partial charge in [-0.1, -0.05) is 31.1 Å². The number of carbonyl (C=O) groups excluding carboxylic acids is 1. The molecule has 23 heavy (non-hydrogen) atoms. The number of nitrogens with zero attached hydrogens (tertiary/aromatic N) is 1. The number of aryl methyl sites for hydroxylation is 2. The van der Waals surface area contributed by atoms with Gasteiger partial charge in [-0.15, -0.1) is 11.8 Å². The Morgan fingerprint density at radius 1 is 1.30 bits per heavy atom. The first-order valence-electron chi connectivity index (χ1n) is 7.90. The minimum Gasteiger partial charge on any atom is -0.361 e. The summed E-state index contributed by atoms with van der Waals surface area (Å²) in [6, 6.07) is 8.11. The molecule has 4 nitrogen and oxygen atoms in total. The van der Waals surface area contributed by atoms with Crippen LogP contribution in [0.4, 0.5) is 5.69 Å². The van der Waals surface area contributed by atoms with E-state index < -0.39 is 0 Å². The van der Waals surface area contributed by atoms with Crippen LogP contribution in [0.25, 0.3) is 0 Å². The van der Waals surface area contributed by atoms with E-state index in [0.29, 0.717) is 11.7 Å². The normalized spacial score (nSPS) is 12.2. The van der Waals surface area contributed by atoms with Crippen LogP contribution in [-0.4, -0.2) is 16.8 Å². The summed E-state index contributed by atoms with van der Waals surface area (Å²) in [6.07, 6.45) is 1.12. The maximum atomic E-state index is 12.0. The van der Waals surface area contributed by atoms with Gasteiger partial charge in [-0.2, -0.15) is 0 Å². The van der Waals surface area contributed by atoms with Crippen molar-refractivity contribution in [3.63, 3.8) is 0 Å². The van der Waals surface area contributed by atoms with Crippen molar-refractivity contribution in [3.05, 3.63) is 46.8 Å². The number of thioether (sulfide) groups is 1. The van der Waals surface area contributed by atoms with Crippen LogP contribution in [0, 0.1) is 13.8 Å². The third-order valence-electron chi connectivity index (χ3n) is 4.04. The fourth-order valence-corrected chi connectivity index (χ4v) is 3.26. The zero-order chi connectivity index (χ0) is 16.8. The van der Waals surface area contributed by atoms with Crippen LogP contribution in [0.2, 0.25) is 0 Å². The second-order valence-electron chi connectivity index (χ2n) is 5.78. The van der Waals surface area contributed by atoms with Gasteiger partial charge in [0.15, 0.2) is 0 Å². The topological polar surface area (TPSA) is 55.1 Å². The Labute approximate surface area is 142 Å². The molecule has 0 unspecified atom stereocenters. The lowest BCUT2D eigenvalue weighted by molar-refractivity contribution is -0.113. The molecule has 1 heterocycles. The molecule has 1 N–H and O–H groups in total. The lowest BCUT2D eigenvalue weighted by Gasteiger charge is -2.10. The zero-order valence-corrected chi connectivity index (χ0v) is 15.0. The van der Waals surface area contributed by atoms with E-state index in [2.05, 4.69) is 36.5 Å². The molecule has 0 bridgehead atoms. The molecule has 0 spiro atoms. The quantitative estimate of drug-likeness (QED) is 0.800. The second kappa shape index (κ2) is 8.20. The van der Waals surface area contributed by atoms with Crippen molar-refractivity contribution in [3.8, 4) is 0 Å². The van der Waals surface area contributed by atoms with Gasteiger partial charge in [0.1, 0.15) is 5.76 Å². The summed E-state index contributed by atoms with van der Waals surface area (Å²) in [5.74, 6) is 2.54. The smallest absolute Gasteiger partial charge is 0.234 e. The van der Waals surface area contributed by atoms with Gasteiger partial charge >= 0.3 is 0 Å². The molecule has 2 aromatic rings. The van der Waals surface area contributed by atoms with Gasteiger partial charge < -0.3 is 9.84 Å². The van der Waals surface area contributed by atoms with Crippen molar-refractivity contribution >= 4 is 23.4 Å². The molecule has 124 valence electrons. The van der Waals surface area contributed by atoms with Crippen LogP contribution in [0.3, 0.4) is 0 Å². The van der Waals surface area contributed by atoms with Crippen molar-refractivity contribution < 1.29 is 9.32 Å². The Kier molecular flexibility index (Phi) is 6.28. The van der Waals surface area contributed by atoms with Gasteiger partial charge in [0.05, 0.1) is 11.4 Å². The standard InChI is InChI=1S/C18H24N2O2S/c1-5-12(2)15-6-8-16(9-7-15)19-18(21)11-23-10-17-13(3)20-22-14(17)4/h6-9,12H,5,10-11H2,1-4H3,(H,19,21)/t12-/m0/s1. The first-order valence-corrected chi connectivity index (χ1v) is 9.06. The Hall–Kier alpha value is -1.75. The largest absolute Gasteiger partial charge is 0.361 e. The number of aromatic nitrogens is 1. The Balaban J connectivity index is 1.81. The van der Waals surface area contributed by atoms with E-state index in [-0.39, 0.29) is 5.91 Å². The number of benzene rings is 1. The average Bonchev–Trinajstić information content (AvgIpc) is 2.86. The summed E-state index contributed by atoms with van der Waals surface area (Å²) in [6.45, 7) is 8.20. The van der Waals surface area contributed by atoms with Crippen molar-refractivity contribution in [2.24, 2.45) is 0 Å². The van der Waals surface area contributed by atoms with Crippen LogP contribution in [0.5, 0.6) is 0 Å². The Morgan fingerprint density at radius 3 is 2.57 bits per heavy atom. The molecule has 1 atom stereocenters. The van der Waals surface area contributed by atoms with Crippen LogP contribution >= 0.6 is 11.8 Å². The maximum absolute atomic E-state index is 12.0. The van der Waals surface area contributed by atoms with E-state index in [1.165, 1.54) is 5.56 Å². The number of hydrogen-bond donors (Lipinski definition) is 1. The van der Waals surface area contributed by atoms with E-state index in [0.717, 1.165) is 34.9 Å². The number of amides is 1. The molecule has 0 fully saturated rings. The lowest BCUT2D eigenvalue weighted by atomic mass is 9.99. The number of carbonyl (C=O) groups is 1. The van der Waals surface area contributed by atoms with Gasteiger partial charge in [-0.25, -0.2) is 0 Å².